The number of para-hydroxylation sites is 1. The largest absolute Gasteiger partial charge is 0.482 e. The summed E-state index contributed by atoms with van der Waals surface area (Å²) >= 11 is 0. The summed E-state index contributed by atoms with van der Waals surface area (Å²) in [7, 11) is 2.07. The summed E-state index contributed by atoms with van der Waals surface area (Å²) in [6.07, 6.45) is 0. The van der Waals surface area contributed by atoms with E-state index in [0.717, 1.165) is 6.54 Å². The maximum atomic E-state index is 12.3. The summed E-state index contributed by atoms with van der Waals surface area (Å²) in [6.45, 7) is 6.47. The highest BCUT2D eigenvalue weighted by molar-refractivity contribution is 5.78. The predicted molar refractivity (Wildman–Crippen MR) is 79.9 cm³/mol. The second-order valence-corrected chi connectivity index (χ2v) is 5.95. The van der Waals surface area contributed by atoms with Crippen molar-refractivity contribution in [3.63, 3.8) is 0 Å². The number of amides is 1. The molecule has 5 heteroatoms. The van der Waals surface area contributed by atoms with Crippen molar-refractivity contribution in [1.82, 2.24) is 9.80 Å². The van der Waals surface area contributed by atoms with Crippen LogP contribution in [0.4, 0.5) is 0 Å². The summed E-state index contributed by atoms with van der Waals surface area (Å²) in [6, 6.07) is 9.01. The van der Waals surface area contributed by atoms with E-state index >= 15 is 0 Å². The fraction of sp³-hybridized carbons (Fsp3) is 0.500. The number of rotatable bonds is 3. The molecule has 1 aliphatic rings. The second kappa shape index (κ2) is 6.15. The van der Waals surface area contributed by atoms with Gasteiger partial charge in [-0.1, -0.05) is 12.1 Å². The minimum absolute atomic E-state index is 0.0293. The van der Waals surface area contributed by atoms with Gasteiger partial charge in [0.15, 0.2) is 6.61 Å². The van der Waals surface area contributed by atoms with Crippen molar-refractivity contribution in [2.24, 2.45) is 0 Å². The van der Waals surface area contributed by atoms with Crippen LogP contribution in [0.3, 0.4) is 0 Å². The van der Waals surface area contributed by atoms with Crippen molar-refractivity contribution in [1.29, 1.82) is 5.26 Å². The molecule has 21 heavy (non-hydrogen) atoms. The maximum Gasteiger partial charge on any atom is 0.260 e. The van der Waals surface area contributed by atoms with Crippen LogP contribution in [-0.2, 0) is 4.79 Å². The fourth-order valence-corrected chi connectivity index (χ4v) is 2.37. The van der Waals surface area contributed by atoms with Gasteiger partial charge in [-0.15, -0.1) is 0 Å². The number of benzene rings is 1. The molecule has 0 unspecified atom stereocenters. The van der Waals surface area contributed by atoms with Gasteiger partial charge < -0.3 is 9.64 Å². The molecule has 0 spiro atoms. The molecule has 0 N–H and O–H groups in total. The Morgan fingerprint density at radius 2 is 2.10 bits per heavy atom. The quantitative estimate of drug-likeness (QED) is 0.845. The van der Waals surface area contributed by atoms with Crippen LogP contribution in [0, 0.1) is 11.3 Å². The topological polar surface area (TPSA) is 56.6 Å². The van der Waals surface area contributed by atoms with Crippen LogP contribution < -0.4 is 4.74 Å². The molecule has 112 valence electrons. The molecule has 1 aromatic rings. The fourth-order valence-electron chi connectivity index (χ4n) is 2.37. The van der Waals surface area contributed by atoms with Gasteiger partial charge in [0.25, 0.3) is 5.91 Å². The molecule has 1 saturated heterocycles. The molecular weight excluding hydrogens is 266 g/mol. The number of carbonyl (C=O) groups is 1. The van der Waals surface area contributed by atoms with E-state index in [0.29, 0.717) is 24.4 Å². The van der Waals surface area contributed by atoms with Gasteiger partial charge >= 0.3 is 0 Å². The number of nitrogens with zero attached hydrogens (tertiary/aromatic N) is 3. The van der Waals surface area contributed by atoms with E-state index in [4.69, 9.17) is 10.00 Å². The van der Waals surface area contributed by atoms with Crippen LogP contribution in [0.2, 0.25) is 0 Å². The number of hydrogen-bond donors (Lipinski definition) is 0. The van der Waals surface area contributed by atoms with Crippen LogP contribution in [-0.4, -0.2) is 54.5 Å². The molecule has 1 fully saturated rings. The van der Waals surface area contributed by atoms with Crippen LogP contribution in [0.15, 0.2) is 24.3 Å². The van der Waals surface area contributed by atoms with Crippen LogP contribution in [0.5, 0.6) is 5.75 Å². The Balaban J connectivity index is 1.95. The monoisotopic (exact) mass is 287 g/mol. The Labute approximate surface area is 125 Å². The van der Waals surface area contributed by atoms with Crippen molar-refractivity contribution in [2.75, 3.05) is 33.3 Å². The zero-order valence-corrected chi connectivity index (χ0v) is 12.8. The number of nitriles is 1. The minimum Gasteiger partial charge on any atom is -0.482 e. The average Bonchev–Trinajstić information content (AvgIpc) is 2.47. The Morgan fingerprint density at radius 1 is 1.38 bits per heavy atom. The molecule has 5 nitrogen and oxygen atoms in total. The van der Waals surface area contributed by atoms with E-state index in [2.05, 4.69) is 31.9 Å². The Hall–Kier alpha value is -2.06. The maximum absolute atomic E-state index is 12.3. The molecule has 1 heterocycles. The first kappa shape index (κ1) is 15.3. The molecule has 1 aliphatic heterocycles. The lowest BCUT2D eigenvalue weighted by Crippen LogP contribution is -2.59. The van der Waals surface area contributed by atoms with Crippen molar-refractivity contribution in [3.8, 4) is 11.8 Å². The standard InChI is InChI=1S/C16H21N3O2/c1-16(2)12-19(9-8-18(16)3)15(20)11-21-14-7-5-4-6-13(14)10-17/h4-7H,8-9,11-12H2,1-3H3. The second-order valence-electron chi connectivity index (χ2n) is 5.95. The van der Waals surface area contributed by atoms with Crippen molar-refractivity contribution >= 4 is 5.91 Å². The molecule has 0 aromatic heterocycles. The summed E-state index contributed by atoms with van der Waals surface area (Å²) in [5, 5.41) is 9.00. The molecule has 0 aliphatic carbocycles. The van der Waals surface area contributed by atoms with Gasteiger partial charge in [-0.3, -0.25) is 9.69 Å². The lowest BCUT2D eigenvalue weighted by atomic mass is 10.00. The summed E-state index contributed by atoms with van der Waals surface area (Å²) in [4.78, 5) is 16.3. The molecule has 0 radical (unpaired) electrons. The van der Waals surface area contributed by atoms with E-state index in [-0.39, 0.29) is 18.1 Å². The lowest BCUT2D eigenvalue weighted by molar-refractivity contribution is -0.137. The number of piperazine rings is 1. The molecular formula is C16H21N3O2. The van der Waals surface area contributed by atoms with Gasteiger partial charge in [0.1, 0.15) is 11.8 Å². The molecule has 1 aromatic carbocycles. The first-order valence-electron chi connectivity index (χ1n) is 7.05. The van der Waals surface area contributed by atoms with Gasteiger partial charge in [-0.25, -0.2) is 0 Å². The van der Waals surface area contributed by atoms with Crippen molar-refractivity contribution in [3.05, 3.63) is 29.8 Å². The highest BCUT2D eigenvalue weighted by Crippen LogP contribution is 2.20. The van der Waals surface area contributed by atoms with E-state index < -0.39 is 0 Å². The van der Waals surface area contributed by atoms with E-state index in [9.17, 15) is 4.79 Å². The Morgan fingerprint density at radius 3 is 2.76 bits per heavy atom. The number of ether oxygens (including phenoxy) is 1. The van der Waals surface area contributed by atoms with Gasteiger partial charge in [0, 0.05) is 25.2 Å². The predicted octanol–water partition coefficient (Wildman–Crippen LogP) is 1.49. The highest BCUT2D eigenvalue weighted by Gasteiger charge is 2.33. The zero-order valence-electron chi connectivity index (χ0n) is 12.8. The van der Waals surface area contributed by atoms with Crippen molar-refractivity contribution in [2.45, 2.75) is 19.4 Å². The summed E-state index contributed by atoms with van der Waals surface area (Å²) in [5.74, 6) is 0.422. The molecule has 1 amide bonds. The third-order valence-electron chi connectivity index (χ3n) is 4.03. The van der Waals surface area contributed by atoms with E-state index in [1.807, 2.05) is 4.90 Å². The van der Waals surface area contributed by atoms with Gasteiger partial charge in [0.05, 0.1) is 5.56 Å². The first-order valence-corrected chi connectivity index (χ1v) is 7.05. The van der Waals surface area contributed by atoms with E-state index in [1.165, 1.54) is 0 Å². The Kier molecular flexibility index (Phi) is 4.49. The highest BCUT2D eigenvalue weighted by atomic mass is 16.5. The Bertz CT molecular complexity index is 563. The smallest absolute Gasteiger partial charge is 0.260 e. The minimum atomic E-state index is -0.0380. The zero-order chi connectivity index (χ0) is 15.5. The molecule has 0 saturated carbocycles. The van der Waals surface area contributed by atoms with E-state index in [1.54, 1.807) is 24.3 Å². The summed E-state index contributed by atoms with van der Waals surface area (Å²) in [5.41, 5.74) is 0.419. The SMILES string of the molecule is CN1CCN(C(=O)COc2ccccc2C#N)CC1(C)C. The molecule has 0 atom stereocenters. The van der Waals surface area contributed by atoms with Gasteiger partial charge in [-0.2, -0.15) is 5.26 Å². The first-order chi connectivity index (χ1) is 9.94. The molecule has 0 bridgehead atoms. The van der Waals surface area contributed by atoms with Crippen LogP contribution in [0.25, 0.3) is 0 Å². The number of likely N-dealkylation sites (N-methyl/N-ethyl adjacent to an activating group) is 1. The van der Waals surface area contributed by atoms with Crippen molar-refractivity contribution < 1.29 is 9.53 Å². The normalized spacial score (nSPS) is 18.1. The van der Waals surface area contributed by atoms with Crippen LogP contribution in [0.1, 0.15) is 19.4 Å². The van der Waals surface area contributed by atoms with Gasteiger partial charge in [-0.05, 0) is 33.0 Å². The average molecular weight is 287 g/mol. The molecule has 2 rings (SSSR count). The third kappa shape index (κ3) is 3.53. The lowest BCUT2D eigenvalue weighted by Gasteiger charge is -2.45. The third-order valence-corrected chi connectivity index (χ3v) is 4.03. The number of carbonyl (C=O) groups excluding carboxylic acids is 1. The number of hydrogen-bond acceptors (Lipinski definition) is 4. The van der Waals surface area contributed by atoms with Crippen LogP contribution >= 0.6 is 0 Å². The summed E-state index contributed by atoms with van der Waals surface area (Å²) < 4.78 is 5.51. The van der Waals surface area contributed by atoms with Gasteiger partial charge in [0.2, 0.25) is 0 Å².